The van der Waals surface area contributed by atoms with Gasteiger partial charge in [-0.3, -0.25) is 0 Å². The average Bonchev–Trinajstić information content (AvgIpc) is 2.38. The summed E-state index contributed by atoms with van der Waals surface area (Å²) in [6.07, 6.45) is 6.41. The van der Waals surface area contributed by atoms with Crippen molar-refractivity contribution in [2.75, 3.05) is 6.61 Å². The number of aliphatic hydroxyl groups is 1. The Morgan fingerprint density at radius 1 is 1.35 bits per heavy atom. The van der Waals surface area contributed by atoms with Crippen molar-refractivity contribution in [1.29, 1.82) is 0 Å². The van der Waals surface area contributed by atoms with Crippen LogP contribution in [-0.4, -0.2) is 23.3 Å². The van der Waals surface area contributed by atoms with Crippen molar-refractivity contribution in [3.05, 3.63) is 0 Å². The third kappa shape index (κ3) is 3.21. The van der Waals surface area contributed by atoms with Gasteiger partial charge in [0.1, 0.15) is 0 Å². The Morgan fingerprint density at radius 2 is 1.94 bits per heavy atom. The molecule has 100 valence electrons. The molecule has 1 fully saturated rings. The fourth-order valence-electron chi connectivity index (χ4n) is 2.93. The van der Waals surface area contributed by atoms with Gasteiger partial charge >= 0.3 is 5.97 Å². The smallest absolute Gasteiger partial charge is 0.338 e. The van der Waals surface area contributed by atoms with Crippen LogP contribution in [0.25, 0.3) is 0 Å². The first-order valence-electron chi connectivity index (χ1n) is 6.95. The van der Waals surface area contributed by atoms with Crippen LogP contribution in [-0.2, 0) is 9.53 Å². The zero-order valence-corrected chi connectivity index (χ0v) is 11.4. The minimum absolute atomic E-state index is 0.00755. The Bertz CT molecular complexity index is 246. The second-order valence-corrected chi connectivity index (χ2v) is 5.19. The third-order valence-electron chi connectivity index (χ3n) is 4.28. The first kappa shape index (κ1) is 14.5. The molecular formula is C14H26O3. The summed E-state index contributed by atoms with van der Waals surface area (Å²) < 4.78 is 5.02. The van der Waals surface area contributed by atoms with Gasteiger partial charge in [-0.1, -0.05) is 46.0 Å². The number of esters is 1. The van der Waals surface area contributed by atoms with E-state index in [2.05, 4.69) is 0 Å². The summed E-state index contributed by atoms with van der Waals surface area (Å²) in [5.41, 5.74) is -1.29. The summed E-state index contributed by atoms with van der Waals surface area (Å²) in [7, 11) is 0. The molecule has 0 heterocycles. The van der Waals surface area contributed by atoms with Crippen molar-refractivity contribution in [3.8, 4) is 0 Å². The van der Waals surface area contributed by atoms with Crippen LogP contribution in [0.1, 0.15) is 59.3 Å². The van der Waals surface area contributed by atoms with Crippen LogP contribution in [0.2, 0.25) is 0 Å². The lowest BCUT2D eigenvalue weighted by atomic mass is 9.72. The van der Waals surface area contributed by atoms with Gasteiger partial charge in [0, 0.05) is 0 Å². The van der Waals surface area contributed by atoms with E-state index in [-0.39, 0.29) is 5.92 Å². The molecule has 0 aromatic rings. The van der Waals surface area contributed by atoms with Crippen LogP contribution >= 0.6 is 0 Å². The Labute approximate surface area is 105 Å². The molecule has 0 radical (unpaired) electrons. The van der Waals surface area contributed by atoms with Crippen LogP contribution in [0.15, 0.2) is 0 Å². The summed E-state index contributed by atoms with van der Waals surface area (Å²) in [6, 6.07) is 0. The quantitative estimate of drug-likeness (QED) is 0.754. The van der Waals surface area contributed by atoms with E-state index in [1.54, 1.807) is 6.92 Å². The van der Waals surface area contributed by atoms with Gasteiger partial charge in [0.25, 0.3) is 0 Å². The molecule has 3 nitrogen and oxygen atoms in total. The van der Waals surface area contributed by atoms with Gasteiger partial charge in [0.05, 0.1) is 6.61 Å². The number of ether oxygens (including phenoxy) is 1. The zero-order valence-electron chi connectivity index (χ0n) is 11.4. The normalized spacial score (nSPS) is 22.8. The van der Waals surface area contributed by atoms with Gasteiger partial charge in [0.2, 0.25) is 0 Å². The highest BCUT2D eigenvalue weighted by Gasteiger charge is 2.44. The minimum atomic E-state index is -1.29. The monoisotopic (exact) mass is 242 g/mol. The lowest BCUT2D eigenvalue weighted by Gasteiger charge is -2.37. The van der Waals surface area contributed by atoms with Crippen molar-refractivity contribution in [2.24, 2.45) is 11.8 Å². The van der Waals surface area contributed by atoms with E-state index in [1.165, 1.54) is 19.3 Å². The van der Waals surface area contributed by atoms with E-state index in [9.17, 15) is 9.90 Å². The maximum atomic E-state index is 11.9. The molecule has 0 amide bonds. The molecular weight excluding hydrogens is 216 g/mol. The largest absolute Gasteiger partial charge is 0.464 e. The molecule has 1 N–H and O–H groups in total. The summed E-state index contributed by atoms with van der Waals surface area (Å²) in [4.78, 5) is 11.9. The topological polar surface area (TPSA) is 46.5 Å². The van der Waals surface area contributed by atoms with Crippen molar-refractivity contribution >= 4 is 5.97 Å². The standard InChI is InChI=1S/C14H26O3/c1-4-14(16,13(15)17-5-2)11(3)12-9-7-6-8-10-12/h11-12,16H,4-10H2,1-3H3. The molecule has 0 saturated heterocycles. The number of carbonyl (C=O) groups excluding carboxylic acids is 1. The number of carbonyl (C=O) groups is 1. The fraction of sp³-hybridized carbons (Fsp3) is 0.929. The van der Waals surface area contributed by atoms with E-state index in [0.29, 0.717) is 18.9 Å². The molecule has 0 spiro atoms. The minimum Gasteiger partial charge on any atom is -0.464 e. The van der Waals surface area contributed by atoms with E-state index < -0.39 is 11.6 Å². The molecule has 0 bridgehead atoms. The van der Waals surface area contributed by atoms with E-state index in [1.807, 2.05) is 13.8 Å². The zero-order chi connectivity index (χ0) is 12.9. The second-order valence-electron chi connectivity index (χ2n) is 5.19. The summed E-state index contributed by atoms with van der Waals surface area (Å²) in [6.45, 7) is 5.96. The Morgan fingerprint density at radius 3 is 2.41 bits per heavy atom. The van der Waals surface area contributed by atoms with Crippen molar-refractivity contribution in [1.82, 2.24) is 0 Å². The lowest BCUT2D eigenvalue weighted by molar-refractivity contribution is -0.174. The highest BCUT2D eigenvalue weighted by Crippen LogP contribution is 2.37. The number of rotatable bonds is 5. The highest BCUT2D eigenvalue weighted by atomic mass is 16.5. The van der Waals surface area contributed by atoms with Crippen LogP contribution in [0.4, 0.5) is 0 Å². The Hall–Kier alpha value is -0.570. The SMILES string of the molecule is CCOC(=O)C(O)(CC)C(C)C1CCCCC1. The molecule has 17 heavy (non-hydrogen) atoms. The molecule has 1 saturated carbocycles. The molecule has 0 aromatic carbocycles. The second kappa shape index (κ2) is 6.39. The molecule has 1 aliphatic carbocycles. The molecule has 0 aromatic heterocycles. The van der Waals surface area contributed by atoms with Crippen LogP contribution in [0.3, 0.4) is 0 Å². The number of hydrogen-bond donors (Lipinski definition) is 1. The van der Waals surface area contributed by atoms with Crippen LogP contribution in [0, 0.1) is 11.8 Å². The summed E-state index contributed by atoms with van der Waals surface area (Å²) >= 11 is 0. The Kier molecular flexibility index (Phi) is 5.44. The van der Waals surface area contributed by atoms with Gasteiger partial charge < -0.3 is 9.84 Å². The number of hydrogen-bond acceptors (Lipinski definition) is 3. The molecule has 2 unspecified atom stereocenters. The fourth-order valence-corrected chi connectivity index (χ4v) is 2.93. The first-order valence-corrected chi connectivity index (χ1v) is 6.95. The van der Waals surface area contributed by atoms with Gasteiger partial charge in [0.15, 0.2) is 5.60 Å². The maximum Gasteiger partial charge on any atom is 0.338 e. The molecule has 0 aliphatic heterocycles. The van der Waals surface area contributed by atoms with E-state index in [4.69, 9.17) is 4.74 Å². The molecule has 2 atom stereocenters. The molecule has 3 heteroatoms. The predicted octanol–water partition coefficient (Wildman–Crippen LogP) is 2.91. The van der Waals surface area contributed by atoms with Crippen LogP contribution < -0.4 is 0 Å². The molecule has 1 rings (SSSR count). The first-order chi connectivity index (χ1) is 8.06. The van der Waals surface area contributed by atoms with Gasteiger partial charge in [-0.25, -0.2) is 4.79 Å². The summed E-state index contributed by atoms with van der Waals surface area (Å²) in [5, 5.41) is 10.6. The predicted molar refractivity (Wildman–Crippen MR) is 67.6 cm³/mol. The van der Waals surface area contributed by atoms with Gasteiger partial charge in [-0.05, 0) is 25.2 Å². The summed E-state index contributed by atoms with van der Waals surface area (Å²) in [5.74, 6) is 0.00512. The third-order valence-corrected chi connectivity index (χ3v) is 4.28. The van der Waals surface area contributed by atoms with E-state index >= 15 is 0 Å². The maximum absolute atomic E-state index is 11.9. The van der Waals surface area contributed by atoms with E-state index in [0.717, 1.165) is 12.8 Å². The lowest BCUT2D eigenvalue weighted by Crippen LogP contribution is -2.48. The van der Waals surface area contributed by atoms with Gasteiger partial charge in [-0.2, -0.15) is 0 Å². The highest BCUT2D eigenvalue weighted by molar-refractivity contribution is 5.79. The van der Waals surface area contributed by atoms with Crippen molar-refractivity contribution in [3.63, 3.8) is 0 Å². The Balaban J connectivity index is 2.72. The molecule has 1 aliphatic rings. The average molecular weight is 242 g/mol. The van der Waals surface area contributed by atoms with Gasteiger partial charge in [-0.15, -0.1) is 0 Å². The van der Waals surface area contributed by atoms with Crippen LogP contribution in [0.5, 0.6) is 0 Å². The van der Waals surface area contributed by atoms with Crippen molar-refractivity contribution < 1.29 is 14.6 Å². The van der Waals surface area contributed by atoms with Crippen molar-refractivity contribution in [2.45, 2.75) is 64.9 Å².